The van der Waals surface area contributed by atoms with Gasteiger partial charge in [-0.05, 0) is 5.56 Å². The average Bonchev–Trinajstić information content (AvgIpc) is 2.52. The Hall–Kier alpha value is -1.63. The summed E-state index contributed by atoms with van der Waals surface area (Å²) in [6, 6.07) is 7.89. The Bertz CT molecular complexity index is 613. The summed E-state index contributed by atoms with van der Waals surface area (Å²) in [7, 11) is 0. The van der Waals surface area contributed by atoms with Crippen molar-refractivity contribution in [1.82, 2.24) is 5.32 Å². The van der Waals surface area contributed by atoms with Crippen molar-refractivity contribution in [3.63, 3.8) is 0 Å². The van der Waals surface area contributed by atoms with Crippen molar-refractivity contribution in [2.75, 3.05) is 6.54 Å². The van der Waals surface area contributed by atoms with Crippen molar-refractivity contribution in [3.05, 3.63) is 35.9 Å². The second-order valence-electron chi connectivity index (χ2n) is 5.91. The molecule has 1 aromatic rings. The van der Waals surface area contributed by atoms with Crippen LogP contribution in [-0.4, -0.2) is 47.6 Å². The molecule has 1 rings (SSSR count). The van der Waals surface area contributed by atoms with Crippen molar-refractivity contribution >= 4 is 0 Å². The minimum atomic E-state index is -7.51. The quantitative estimate of drug-likeness (QED) is 0.586. The molecule has 1 atom stereocenters. The lowest BCUT2D eigenvalue weighted by Crippen LogP contribution is -2.70. The molecule has 0 aliphatic carbocycles. The van der Waals surface area contributed by atoms with E-state index < -0.39 is 48.9 Å². The average molecular weight is 433 g/mol. The topological polar surface area (TPSA) is 32.3 Å². The largest absolute Gasteiger partial charge is 0.438 e. The molecule has 0 spiro atoms. The number of alkyl halides is 11. The number of nitrogens with one attached hydrogen (secondary N) is 1. The van der Waals surface area contributed by atoms with Crippen LogP contribution in [0.15, 0.2) is 30.3 Å². The Labute approximate surface area is 151 Å². The van der Waals surface area contributed by atoms with Crippen LogP contribution in [0.2, 0.25) is 0 Å². The molecule has 0 aliphatic heterocycles. The number of benzene rings is 1. The summed E-state index contributed by atoms with van der Waals surface area (Å²) < 4.78 is 142. The molecule has 0 bridgehead atoms. The molecule has 0 heterocycles. The monoisotopic (exact) mass is 433 g/mol. The summed E-state index contributed by atoms with van der Waals surface area (Å²) in [6.45, 7) is -0.949. The summed E-state index contributed by atoms with van der Waals surface area (Å²) in [5.74, 6) is -13.4. The van der Waals surface area contributed by atoms with Gasteiger partial charge in [0.25, 0.3) is 0 Å². The highest BCUT2D eigenvalue weighted by molar-refractivity contribution is 5.14. The standard InChI is InChI=1S/C15H14F11NO/c16-11(17,6-10(28)8-27-7-9-4-2-1-3-5-9)13(19,20)12(18,14(21,22)23)15(24,25)26/h1-5,10,27-28H,6-8H2. The molecular weight excluding hydrogens is 419 g/mol. The molecule has 1 aromatic carbocycles. The second kappa shape index (κ2) is 8.01. The van der Waals surface area contributed by atoms with Gasteiger partial charge in [-0.1, -0.05) is 30.3 Å². The Morgan fingerprint density at radius 3 is 1.68 bits per heavy atom. The summed E-state index contributed by atoms with van der Waals surface area (Å²) in [4.78, 5) is 0. The molecule has 13 heteroatoms. The van der Waals surface area contributed by atoms with Crippen LogP contribution in [0.1, 0.15) is 12.0 Å². The number of aliphatic hydroxyl groups excluding tert-OH is 1. The lowest BCUT2D eigenvalue weighted by atomic mass is 9.88. The molecule has 1 unspecified atom stereocenters. The number of hydrogen-bond donors (Lipinski definition) is 2. The first-order chi connectivity index (χ1) is 12.5. The van der Waals surface area contributed by atoms with Crippen LogP contribution in [0.5, 0.6) is 0 Å². The van der Waals surface area contributed by atoms with Gasteiger partial charge in [0.15, 0.2) is 0 Å². The minimum absolute atomic E-state index is 0.0714. The van der Waals surface area contributed by atoms with E-state index in [0.717, 1.165) is 0 Å². The van der Waals surface area contributed by atoms with Crippen molar-refractivity contribution in [2.24, 2.45) is 0 Å². The van der Waals surface area contributed by atoms with Crippen molar-refractivity contribution in [2.45, 2.75) is 48.9 Å². The highest BCUT2D eigenvalue weighted by Gasteiger charge is 2.89. The number of hydrogen-bond acceptors (Lipinski definition) is 2. The fourth-order valence-corrected chi connectivity index (χ4v) is 2.24. The van der Waals surface area contributed by atoms with E-state index in [2.05, 4.69) is 5.32 Å². The Morgan fingerprint density at radius 2 is 1.25 bits per heavy atom. The normalized spacial score (nSPS) is 15.6. The van der Waals surface area contributed by atoms with E-state index in [0.29, 0.717) is 5.56 Å². The molecular formula is C15H14F11NO. The number of aliphatic hydroxyl groups is 1. The minimum Gasteiger partial charge on any atom is -0.392 e. The van der Waals surface area contributed by atoms with E-state index in [1.54, 1.807) is 30.3 Å². The third-order valence-electron chi connectivity index (χ3n) is 3.72. The number of halogens is 11. The zero-order valence-electron chi connectivity index (χ0n) is 13.7. The molecule has 0 radical (unpaired) electrons. The van der Waals surface area contributed by atoms with Gasteiger partial charge in [-0.2, -0.15) is 43.9 Å². The molecule has 2 N–H and O–H groups in total. The molecule has 0 saturated carbocycles. The molecule has 0 amide bonds. The smallest absolute Gasteiger partial charge is 0.392 e. The first kappa shape index (κ1) is 24.4. The van der Waals surface area contributed by atoms with Crippen LogP contribution in [0, 0.1) is 0 Å². The summed E-state index contributed by atoms with van der Waals surface area (Å²) >= 11 is 0. The van der Waals surface area contributed by atoms with Gasteiger partial charge >= 0.3 is 29.9 Å². The Balaban J connectivity index is 2.92. The van der Waals surface area contributed by atoms with Crippen LogP contribution in [0.3, 0.4) is 0 Å². The highest BCUT2D eigenvalue weighted by atomic mass is 19.4. The van der Waals surface area contributed by atoms with Gasteiger partial charge in [-0.25, -0.2) is 4.39 Å². The summed E-state index contributed by atoms with van der Waals surface area (Å²) in [5.41, 5.74) is -6.95. The van der Waals surface area contributed by atoms with E-state index in [1.165, 1.54) is 0 Å². The molecule has 0 saturated heterocycles. The molecule has 0 fully saturated rings. The summed E-state index contributed by atoms with van der Waals surface area (Å²) in [6.07, 6.45) is -19.8. The lowest BCUT2D eigenvalue weighted by Gasteiger charge is -2.40. The predicted molar refractivity (Wildman–Crippen MR) is 74.6 cm³/mol. The predicted octanol–water partition coefficient (Wildman–Crippen LogP) is 4.63. The van der Waals surface area contributed by atoms with Crippen molar-refractivity contribution in [3.8, 4) is 0 Å². The third-order valence-corrected chi connectivity index (χ3v) is 3.72. The third kappa shape index (κ3) is 4.67. The SMILES string of the molecule is OC(CNCc1ccccc1)CC(F)(F)C(F)(F)C(F)(C(F)(F)F)C(F)(F)F. The van der Waals surface area contributed by atoms with Crippen LogP contribution < -0.4 is 5.32 Å². The Morgan fingerprint density at radius 1 is 0.786 bits per heavy atom. The van der Waals surface area contributed by atoms with Gasteiger partial charge in [0.1, 0.15) is 0 Å². The van der Waals surface area contributed by atoms with Gasteiger partial charge in [-0.3, -0.25) is 0 Å². The van der Waals surface area contributed by atoms with Crippen LogP contribution in [0.25, 0.3) is 0 Å². The number of rotatable bonds is 8. The fraction of sp³-hybridized carbons (Fsp3) is 0.600. The lowest BCUT2D eigenvalue weighted by molar-refractivity contribution is -0.427. The molecule has 0 aliphatic rings. The van der Waals surface area contributed by atoms with E-state index in [4.69, 9.17) is 0 Å². The molecule has 162 valence electrons. The molecule has 0 aromatic heterocycles. The van der Waals surface area contributed by atoms with Crippen LogP contribution >= 0.6 is 0 Å². The first-order valence-corrected chi connectivity index (χ1v) is 7.48. The van der Waals surface area contributed by atoms with Crippen molar-refractivity contribution < 1.29 is 53.4 Å². The zero-order chi connectivity index (χ0) is 22.0. The van der Waals surface area contributed by atoms with Crippen LogP contribution in [0.4, 0.5) is 48.3 Å². The van der Waals surface area contributed by atoms with Gasteiger partial charge in [0.05, 0.1) is 6.10 Å². The van der Waals surface area contributed by atoms with E-state index in [9.17, 15) is 53.4 Å². The Kier molecular flexibility index (Phi) is 6.98. The molecule has 28 heavy (non-hydrogen) atoms. The van der Waals surface area contributed by atoms with E-state index in [-0.39, 0.29) is 6.54 Å². The zero-order valence-corrected chi connectivity index (χ0v) is 13.7. The van der Waals surface area contributed by atoms with E-state index >= 15 is 0 Å². The maximum absolute atomic E-state index is 13.6. The van der Waals surface area contributed by atoms with Gasteiger partial charge in [0, 0.05) is 19.5 Å². The fourth-order valence-electron chi connectivity index (χ4n) is 2.24. The summed E-state index contributed by atoms with van der Waals surface area (Å²) in [5, 5.41) is 11.6. The van der Waals surface area contributed by atoms with Gasteiger partial charge in [-0.15, -0.1) is 0 Å². The highest BCUT2D eigenvalue weighted by Crippen LogP contribution is 2.59. The van der Waals surface area contributed by atoms with Crippen LogP contribution in [-0.2, 0) is 6.54 Å². The van der Waals surface area contributed by atoms with Crippen molar-refractivity contribution in [1.29, 1.82) is 0 Å². The van der Waals surface area contributed by atoms with Gasteiger partial charge < -0.3 is 10.4 Å². The maximum atomic E-state index is 13.6. The second-order valence-corrected chi connectivity index (χ2v) is 5.91. The van der Waals surface area contributed by atoms with Gasteiger partial charge in [0.2, 0.25) is 0 Å². The maximum Gasteiger partial charge on any atom is 0.438 e. The van der Waals surface area contributed by atoms with E-state index in [1.807, 2.05) is 0 Å². The molecule has 2 nitrogen and oxygen atoms in total. The first-order valence-electron chi connectivity index (χ1n) is 7.48.